The molecule has 206 valence electrons. The first-order valence-electron chi connectivity index (χ1n) is 12.8. The summed E-state index contributed by atoms with van der Waals surface area (Å²) >= 11 is 0. The number of hydrogen-bond donors (Lipinski definition) is 0. The molecule has 0 radical (unpaired) electrons. The number of benzene rings is 3. The molecule has 6 rings (SSSR count). The standard InChI is InChI=1S/C29H28F5N2O3/c30-21-4-6-24(7-5-21)38-13-12-36-10-8-20(9-11-36)27(18-36)39-29(37)35(23-3-1-2-22(31)16-23)17-19-14-25(32)28(34)26(33)15-19/h1-7,14-16,20,27H,8-13,17-18H2/q+1/t20?,27-,36?/m0/s1. The molecule has 2 bridgehead atoms. The topological polar surface area (TPSA) is 38.8 Å². The van der Waals surface area contributed by atoms with Crippen molar-refractivity contribution in [2.75, 3.05) is 37.7 Å². The van der Waals surface area contributed by atoms with Crippen molar-refractivity contribution in [1.82, 2.24) is 0 Å². The Morgan fingerprint density at radius 1 is 0.897 bits per heavy atom. The van der Waals surface area contributed by atoms with Gasteiger partial charge in [0.1, 0.15) is 37.1 Å². The number of quaternary nitrogens is 1. The number of ether oxygens (including phenoxy) is 2. The van der Waals surface area contributed by atoms with E-state index in [1.807, 2.05) is 0 Å². The van der Waals surface area contributed by atoms with Gasteiger partial charge in [-0.15, -0.1) is 0 Å². The number of hydrogen-bond acceptors (Lipinski definition) is 3. The Hall–Kier alpha value is -3.66. The van der Waals surface area contributed by atoms with Gasteiger partial charge in [-0.2, -0.15) is 0 Å². The molecule has 1 atom stereocenters. The molecule has 0 aromatic heterocycles. The molecule has 1 amide bonds. The largest absolute Gasteiger partial charge is 0.488 e. The minimum Gasteiger partial charge on any atom is -0.488 e. The molecule has 39 heavy (non-hydrogen) atoms. The average Bonchev–Trinajstić information content (AvgIpc) is 2.92. The number of fused-ring (bicyclic) bond motifs is 3. The Balaban J connectivity index is 1.29. The van der Waals surface area contributed by atoms with E-state index in [-0.39, 0.29) is 29.5 Å². The third-order valence-electron chi connectivity index (χ3n) is 7.67. The Bertz CT molecular complexity index is 1310. The van der Waals surface area contributed by atoms with Gasteiger partial charge in [0.25, 0.3) is 0 Å². The van der Waals surface area contributed by atoms with Gasteiger partial charge in [-0.25, -0.2) is 26.7 Å². The molecule has 10 heteroatoms. The Morgan fingerprint density at radius 3 is 2.26 bits per heavy atom. The van der Waals surface area contributed by atoms with E-state index in [0.717, 1.165) is 49.0 Å². The van der Waals surface area contributed by atoms with Crippen LogP contribution in [0.1, 0.15) is 18.4 Å². The lowest BCUT2D eigenvalue weighted by Crippen LogP contribution is -2.65. The lowest BCUT2D eigenvalue weighted by atomic mass is 9.83. The molecular formula is C29H28F5N2O3+. The maximum absolute atomic E-state index is 14.0. The van der Waals surface area contributed by atoms with Gasteiger partial charge in [0.05, 0.1) is 25.3 Å². The highest BCUT2D eigenvalue weighted by molar-refractivity contribution is 5.87. The molecule has 5 nitrogen and oxygen atoms in total. The van der Waals surface area contributed by atoms with Crippen LogP contribution >= 0.6 is 0 Å². The molecule has 3 heterocycles. The number of piperidine rings is 3. The fourth-order valence-corrected chi connectivity index (χ4v) is 5.54. The van der Waals surface area contributed by atoms with Crippen LogP contribution in [0.25, 0.3) is 0 Å². The average molecular weight is 548 g/mol. The minimum absolute atomic E-state index is 0.0111. The highest BCUT2D eigenvalue weighted by atomic mass is 19.2. The third kappa shape index (κ3) is 6.16. The van der Waals surface area contributed by atoms with Crippen molar-refractivity contribution in [3.8, 4) is 5.75 Å². The van der Waals surface area contributed by atoms with Gasteiger partial charge < -0.3 is 14.0 Å². The van der Waals surface area contributed by atoms with Gasteiger partial charge in [0.2, 0.25) is 0 Å². The molecule has 3 saturated heterocycles. The molecule has 3 aliphatic heterocycles. The van der Waals surface area contributed by atoms with E-state index in [4.69, 9.17) is 9.47 Å². The fourth-order valence-electron chi connectivity index (χ4n) is 5.54. The normalized spacial score (nSPS) is 22.0. The van der Waals surface area contributed by atoms with E-state index in [1.165, 1.54) is 30.3 Å². The summed E-state index contributed by atoms with van der Waals surface area (Å²) in [5, 5.41) is 0. The molecule has 3 fully saturated rings. The predicted molar refractivity (Wildman–Crippen MR) is 134 cm³/mol. The summed E-state index contributed by atoms with van der Waals surface area (Å²) in [4.78, 5) is 14.5. The van der Waals surface area contributed by atoms with Crippen LogP contribution in [0.3, 0.4) is 0 Å². The summed E-state index contributed by atoms with van der Waals surface area (Å²) in [6, 6.07) is 12.6. The monoisotopic (exact) mass is 547 g/mol. The smallest absolute Gasteiger partial charge is 0.415 e. The summed E-state index contributed by atoms with van der Waals surface area (Å²) in [5.41, 5.74) is 0.131. The van der Waals surface area contributed by atoms with Crippen molar-refractivity contribution < 1.29 is 40.7 Å². The summed E-state index contributed by atoms with van der Waals surface area (Å²) in [7, 11) is 0. The first-order chi connectivity index (χ1) is 18.7. The number of nitrogens with zero attached hydrogens (tertiary/aromatic N) is 2. The van der Waals surface area contributed by atoms with Gasteiger partial charge >= 0.3 is 6.09 Å². The Morgan fingerprint density at radius 2 is 1.59 bits per heavy atom. The maximum Gasteiger partial charge on any atom is 0.415 e. The number of rotatable bonds is 8. The van der Waals surface area contributed by atoms with Crippen molar-refractivity contribution in [3.63, 3.8) is 0 Å². The minimum atomic E-state index is -1.61. The fraction of sp³-hybridized carbons (Fsp3) is 0.345. The first kappa shape index (κ1) is 26.9. The second-order valence-electron chi connectivity index (χ2n) is 10.2. The number of halogens is 5. The molecule has 3 aromatic carbocycles. The third-order valence-corrected chi connectivity index (χ3v) is 7.67. The SMILES string of the molecule is O=C(O[C@H]1C[N+]2(CCOc3ccc(F)cc3)CCC1CC2)N(Cc1cc(F)c(F)c(F)c1)c1cccc(F)c1. The van der Waals surface area contributed by atoms with Crippen LogP contribution < -0.4 is 9.64 Å². The number of carbonyl (C=O) groups excluding carboxylic acids is 1. The first-order valence-corrected chi connectivity index (χ1v) is 12.8. The van der Waals surface area contributed by atoms with Crippen LogP contribution in [-0.2, 0) is 11.3 Å². The quantitative estimate of drug-likeness (QED) is 0.191. The number of amides is 1. The summed E-state index contributed by atoms with van der Waals surface area (Å²) in [6.45, 7) is 3.13. The van der Waals surface area contributed by atoms with E-state index in [9.17, 15) is 26.7 Å². The highest BCUT2D eigenvalue weighted by Crippen LogP contribution is 2.36. The van der Waals surface area contributed by atoms with E-state index in [0.29, 0.717) is 29.9 Å². The second kappa shape index (κ2) is 11.2. The number of anilines is 1. The zero-order chi connectivity index (χ0) is 27.6. The van der Waals surface area contributed by atoms with Gasteiger partial charge in [-0.05, 0) is 60.2 Å². The van der Waals surface area contributed by atoms with Crippen molar-refractivity contribution in [3.05, 3.63) is 95.3 Å². The molecular weight excluding hydrogens is 519 g/mol. The van der Waals surface area contributed by atoms with Crippen molar-refractivity contribution in [2.24, 2.45) is 5.92 Å². The summed E-state index contributed by atoms with van der Waals surface area (Å²) < 4.78 is 80.8. The van der Waals surface area contributed by atoms with Gasteiger partial charge in [0, 0.05) is 18.8 Å². The summed E-state index contributed by atoms with van der Waals surface area (Å²) in [5.74, 6) is -4.59. The van der Waals surface area contributed by atoms with Crippen molar-refractivity contribution >= 4 is 11.8 Å². The van der Waals surface area contributed by atoms with Crippen molar-refractivity contribution in [2.45, 2.75) is 25.5 Å². The molecule has 0 unspecified atom stereocenters. The lowest BCUT2D eigenvalue weighted by molar-refractivity contribution is -0.946. The van der Waals surface area contributed by atoms with E-state index < -0.39 is 35.5 Å². The van der Waals surface area contributed by atoms with E-state index in [1.54, 1.807) is 12.1 Å². The van der Waals surface area contributed by atoms with Crippen LogP contribution in [0.15, 0.2) is 60.7 Å². The van der Waals surface area contributed by atoms with Crippen LogP contribution in [0.4, 0.5) is 32.4 Å². The molecule has 0 N–H and O–H groups in total. The maximum atomic E-state index is 14.0. The van der Waals surface area contributed by atoms with Crippen LogP contribution in [0.2, 0.25) is 0 Å². The van der Waals surface area contributed by atoms with E-state index in [2.05, 4.69) is 0 Å². The zero-order valence-electron chi connectivity index (χ0n) is 21.1. The lowest BCUT2D eigenvalue weighted by Gasteiger charge is -2.52. The molecule has 3 aliphatic rings. The Labute approximate surface area is 222 Å². The molecule has 0 aliphatic carbocycles. The van der Waals surface area contributed by atoms with Gasteiger partial charge in [-0.3, -0.25) is 4.90 Å². The molecule has 0 saturated carbocycles. The van der Waals surface area contributed by atoms with E-state index >= 15 is 0 Å². The van der Waals surface area contributed by atoms with Crippen LogP contribution in [0, 0.1) is 35.0 Å². The summed E-state index contributed by atoms with van der Waals surface area (Å²) in [6.07, 6.45) is 0.500. The zero-order valence-corrected chi connectivity index (χ0v) is 21.1. The van der Waals surface area contributed by atoms with Crippen LogP contribution in [0.5, 0.6) is 5.75 Å². The van der Waals surface area contributed by atoms with Gasteiger partial charge in [0.15, 0.2) is 23.6 Å². The second-order valence-corrected chi connectivity index (χ2v) is 10.2. The van der Waals surface area contributed by atoms with Crippen molar-refractivity contribution in [1.29, 1.82) is 0 Å². The highest BCUT2D eigenvalue weighted by Gasteiger charge is 2.48. The number of carbonyl (C=O) groups is 1. The molecule has 3 aromatic rings. The predicted octanol–water partition coefficient (Wildman–Crippen LogP) is 6.21. The molecule has 0 spiro atoms. The Kier molecular flexibility index (Phi) is 7.74. The van der Waals surface area contributed by atoms with Crippen LogP contribution in [-0.4, -0.2) is 49.5 Å². The van der Waals surface area contributed by atoms with Gasteiger partial charge in [-0.1, -0.05) is 6.07 Å².